The number of hydrogen-bond donors (Lipinski definition) is 1. The van der Waals surface area contributed by atoms with Crippen molar-refractivity contribution in [2.24, 2.45) is 0 Å². The number of hydrogen-bond acceptors (Lipinski definition) is 5. The fraction of sp³-hybridized carbons (Fsp3) is 0.300. The second kappa shape index (κ2) is 5.11. The number of ketones is 2. The molecule has 0 radical (unpaired) electrons. The van der Waals surface area contributed by atoms with Gasteiger partial charge in [-0.3, -0.25) is 9.59 Å². The Bertz CT molecular complexity index is 394. The molecule has 0 spiro atoms. The molecule has 0 aromatic rings. The van der Waals surface area contributed by atoms with Crippen LogP contribution in [0, 0.1) is 0 Å². The normalized spacial score (nSPS) is 15.1. The molecule has 0 fully saturated rings. The van der Waals surface area contributed by atoms with E-state index in [1.54, 1.807) is 0 Å². The summed E-state index contributed by atoms with van der Waals surface area (Å²) >= 11 is 0. The molecule has 0 unspecified atom stereocenters. The molecule has 1 N–H and O–H groups in total. The Morgan fingerprint density at radius 1 is 1.31 bits per heavy atom. The van der Waals surface area contributed by atoms with Crippen LogP contribution in [0.3, 0.4) is 0 Å². The first-order valence-corrected chi connectivity index (χ1v) is 4.48. The number of carbonyl (C=O) groups excluding carboxylic acids is 3. The van der Waals surface area contributed by atoms with Crippen molar-refractivity contribution in [2.45, 2.75) is 0 Å². The third-order valence-corrected chi connectivity index (χ3v) is 1.91. The van der Waals surface area contributed by atoms with Crippen LogP contribution in [0.5, 0.6) is 0 Å². The first-order chi connectivity index (χ1) is 7.58. The minimum Gasteiger partial charge on any atom is -0.493 e. The maximum Gasteiger partial charge on any atom is 0.407 e. The van der Waals surface area contributed by atoms with Crippen LogP contribution in [0.4, 0.5) is 4.79 Å². The van der Waals surface area contributed by atoms with Gasteiger partial charge in [-0.1, -0.05) is 0 Å². The quantitative estimate of drug-likeness (QED) is 0.681. The highest BCUT2D eigenvalue weighted by molar-refractivity contribution is 6.19. The van der Waals surface area contributed by atoms with E-state index in [0.29, 0.717) is 0 Å². The van der Waals surface area contributed by atoms with Gasteiger partial charge in [-0.2, -0.15) is 0 Å². The number of allylic oxidation sites excluding steroid dienone is 2. The molecule has 0 aliphatic heterocycles. The molecule has 1 rings (SSSR count). The zero-order valence-corrected chi connectivity index (χ0v) is 8.90. The molecule has 6 heteroatoms. The molecule has 0 bridgehead atoms. The number of nitrogens with one attached hydrogen (secondary N) is 1. The summed E-state index contributed by atoms with van der Waals surface area (Å²) in [5.41, 5.74) is 0.120. The summed E-state index contributed by atoms with van der Waals surface area (Å²) in [4.78, 5) is 33.5. The van der Waals surface area contributed by atoms with Gasteiger partial charge in [0.15, 0.2) is 11.5 Å². The van der Waals surface area contributed by atoms with E-state index in [1.807, 2.05) is 0 Å². The molecule has 1 aliphatic carbocycles. The minimum absolute atomic E-state index is 0.0197. The Labute approximate surface area is 91.9 Å². The van der Waals surface area contributed by atoms with E-state index in [-0.39, 0.29) is 17.9 Å². The summed E-state index contributed by atoms with van der Waals surface area (Å²) in [7, 11) is 2.70. The predicted molar refractivity (Wildman–Crippen MR) is 53.6 cm³/mol. The lowest BCUT2D eigenvalue weighted by molar-refractivity contribution is -0.117. The number of amides is 1. The van der Waals surface area contributed by atoms with E-state index >= 15 is 0 Å². The maximum atomic E-state index is 11.4. The van der Waals surface area contributed by atoms with Crippen LogP contribution < -0.4 is 5.32 Å². The molecule has 6 nitrogen and oxygen atoms in total. The molecule has 16 heavy (non-hydrogen) atoms. The van der Waals surface area contributed by atoms with Crippen molar-refractivity contribution in [1.29, 1.82) is 0 Å². The summed E-state index contributed by atoms with van der Waals surface area (Å²) in [6, 6.07) is 0. The highest BCUT2D eigenvalue weighted by atomic mass is 16.5. The fourth-order valence-corrected chi connectivity index (χ4v) is 1.07. The topological polar surface area (TPSA) is 81.7 Å². The zero-order chi connectivity index (χ0) is 12.1. The standard InChI is InChI=1S/C10H11NO5/c1-11-10(14)16-5-6-3-8(13)9(15-2)4-7(6)12/h3-4H,5H2,1-2H3,(H,11,14). The largest absolute Gasteiger partial charge is 0.493 e. The monoisotopic (exact) mass is 225 g/mol. The lowest BCUT2D eigenvalue weighted by atomic mass is 10.0. The maximum absolute atomic E-state index is 11.4. The van der Waals surface area contributed by atoms with Crippen LogP contribution >= 0.6 is 0 Å². The highest BCUT2D eigenvalue weighted by Gasteiger charge is 2.21. The van der Waals surface area contributed by atoms with Crippen LogP contribution in [-0.2, 0) is 19.1 Å². The summed E-state index contributed by atoms with van der Waals surface area (Å²) < 4.78 is 9.35. The average molecular weight is 225 g/mol. The van der Waals surface area contributed by atoms with Gasteiger partial charge >= 0.3 is 6.09 Å². The molecular weight excluding hydrogens is 214 g/mol. The lowest BCUT2D eigenvalue weighted by Crippen LogP contribution is -2.23. The van der Waals surface area contributed by atoms with Crippen molar-refractivity contribution >= 4 is 17.7 Å². The molecule has 1 amide bonds. The Morgan fingerprint density at radius 3 is 2.56 bits per heavy atom. The highest BCUT2D eigenvalue weighted by Crippen LogP contribution is 2.12. The van der Waals surface area contributed by atoms with Crippen LogP contribution in [-0.4, -0.2) is 38.4 Å². The van der Waals surface area contributed by atoms with Crippen molar-refractivity contribution in [3.8, 4) is 0 Å². The van der Waals surface area contributed by atoms with Gasteiger partial charge in [0.05, 0.1) is 7.11 Å². The van der Waals surface area contributed by atoms with E-state index in [9.17, 15) is 14.4 Å². The molecule has 0 saturated carbocycles. The van der Waals surface area contributed by atoms with Crippen LogP contribution in [0.15, 0.2) is 23.5 Å². The van der Waals surface area contributed by atoms with Crippen LogP contribution in [0.2, 0.25) is 0 Å². The predicted octanol–water partition coefficient (Wildman–Crippen LogP) is -0.0491. The average Bonchev–Trinajstić information content (AvgIpc) is 2.29. The lowest BCUT2D eigenvalue weighted by Gasteiger charge is -2.11. The molecule has 0 aromatic heterocycles. The second-order valence-corrected chi connectivity index (χ2v) is 2.94. The van der Waals surface area contributed by atoms with E-state index in [4.69, 9.17) is 4.74 Å². The Kier molecular flexibility index (Phi) is 3.82. The zero-order valence-electron chi connectivity index (χ0n) is 8.90. The molecule has 0 aromatic carbocycles. The van der Waals surface area contributed by atoms with Gasteiger partial charge in [0.2, 0.25) is 5.78 Å². The van der Waals surface area contributed by atoms with Crippen molar-refractivity contribution in [3.05, 3.63) is 23.5 Å². The van der Waals surface area contributed by atoms with E-state index < -0.39 is 17.7 Å². The molecule has 0 saturated heterocycles. The first-order valence-electron chi connectivity index (χ1n) is 4.48. The number of ether oxygens (including phenoxy) is 2. The molecular formula is C10H11NO5. The van der Waals surface area contributed by atoms with E-state index in [2.05, 4.69) is 10.1 Å². The minimum atomic E-state index is -0.664. The summed E-state index contributed by atoms with van der Waals surface area (Å²) in [6.45, 7) is -0.238. The Balaban J connectivity index is 2.67. The van der Waals surface area contributed by atoms with Crippen molar-refractivity contribution in [2.75, 3.05) is 20.8 Å². The van der Waals surface area contributed by atoms with Crippen LogP contribution in [0.25, 0.3) is 0 Å². The molecule has 1 aliphatic rings. The fourth-order valence-electron chi connectivity index (χ4n) is 1.07. The molecule has 0 atom stereocenters. The van der Waals surface area contributed by atoms with Gasteiger partial charge in [-0.05, 0) is 6.08 Å². The van der Waals surface area contributed by atoms with E-state index in [0.717, 1.165) is 12.2 Å². The van der Waals surface area contributed by atoms with Crippen molar-refractivity contribution < 1.29 is 23.9 Å². The van der Waals surface area contributed by atoms with Gasteiger partial charge in [-0.25, -0.2) is 4.79 Å². The Morgan fingerprint density at radius 2 is 2.00 bits per heavy atom. The van der Waals surface area contributed by atoms with Crippen LogP contribution in [0.1, 0.15) is 0 Å². The van der Waals surface area contributed by atoms with Gasteiger partial charge in [0.1, 0.15) is 6.61 Å². The van der Waals surface area contributed by atoms with Gasteiger partial charge < -0.3 is 14.8 Å². The molecule has 86 valence electrons. The van der Waals surface area contributed by atoms with Gasteiger partial charge in [0, 0.05) is 18.7 Å². The van der Waals surface area contributed by atoms with Gasteiger partial charge in [0.25, 0.3) is 0 Å². The summed E-state index contributed by atoms with van der Waals surface area (Å²) in [5.74, 6) is -0.841. The first kappa shape index (κ1) is 12.0. The Hall–Kier alpha value is -2.11. The third kappa shape index (κ3) is 2.69. The number of rotatable bonds is 3. The second-order valence-electron chi connectivity index (χ2n) is 2.94. The third-order valence-electron chi connectivity index (χ3n) is 1.91. The van der Waals surface area contributed by atoms with Crippen molar-refractivity contribution in [3.63, 3.8) is 0 Å². The number of carbonyl (C=O) groups is 3. The van der Waals surface area contributed by atoms with Gasteiger partial charge in [-0.15, -0.1) is 0 Å². The van der Waals surface area contributed by atoms with Crippen molar-refractivity contribution in [1.82, 2.24) is 5.32 Å². The number of alkyl carbamates (subject to hydrolysis) is 1. The smallest absolute Gasteiger partial charge is 0.407 e. The number of methoxy groups -OCH3 is 1. The summed E-state index contributed by atoms with van der Waals surface area (Å²) in [5, 5.41) is 2.23. The molecule has 0 heterocycles. The van der Waals surface area contributed by atoms with E-state index in [1.165, 1.54) is 14.2 Å². The SMILES string of the molecule is CNC(=O)OCC1=CC(=O)C(OC)=CC1=O. The summed E-state index contributed by atoms with van der Waals surface area (Å²) in [6.07, 6.45) is 1.51.